The van der Waals surface area contributed by atoms with Crippen LogP contribution in [0.25, 0.3) is 20.9 Å². The highest BCUT2D eigenvalue weighted by atomic mass is 19.4. The molecule has 0 saturated heterocycles. The van der Waals surface area contributed by atoms with Crippen LogP contribution in [0.15, 0.2) is 58.8 Å². The standard InChI is InChI=1S/C15H8F6N6/c16-14(17,18)13(15(19,20)21,9-4-6-11(7-5-9)24-26-22)10-2-1-3-12(8-10)25-27-23/h1-8H. The van der Waals surface area contributed by atoms with Crippen molar-refractivity contribution in [2.24, 2.45) is 10.2 Å². The normalized spacial score (nSPS) is 12.1. The van der Waals surface area contributed by atoms with Gasteiger partial charge in [0.15, 0.2) is 0 Å². The summed E-state index contributed by atoms with van der Waals surface area (Å²) >= 11 is 0. The van der Waals surface area contributed by atoms with E-state index in [-0.39, 0.29) is 5.69 Å². The van der Waals surface area contributed by atoms with Gasteiger partial charge in [-0.05, 0) is 28.3 Å². The van der Waals surface area contributed by atoms with Gasteiger partial charge in [-0.25, -0.2) is 0 Å². The minimum absolute atomic E-state index is 0.151. The first-order chi connectivity index (χ1) is 12.6. The summed E-state index contributed by atoms with van der Waals surface area (Å²) in [5, 5.41) is 6.20. The quantitative estimate of drug-likeness (QED) is 0.234. The molecule has 0 aliphatic rings. The molecule has 0 radical (unpaired) electrons. The molecule has 27 heavy (non-hydrogen) atoms. The summed E-state index contributed by atoms with van der Waals surface area (Å²) in [7, 11) is 0. The SMILES string of the molecule is [N-]=[N+]=Nc1ccc(C(c2cccc(N=[N+]=[N-])c2)(C(F)(F)F)C(F)(F)F)cc1. The molecule has 0 N–H and O–H groups in total. The highest BCUT2D eigenvalue weighted by Crippen LogP contribution is 2.56. The third kappa shape index (κ3) is 3.48. The molecule has 0 fully saturated rings. The molecular formula is C15H8F6N6. The highest BCUT2D eigenvalue weighted by molar-refractivity contribution is 5.52. The largest absolute Gasteiger partial charge is 0.411 e. The van der Waals surface area contributed by atoms with E-state index in [1.54, 1.807) is 0 Å². The van der Waals surface area contributed by atoms with Gasteiger partial charge >= 0.3 is 12.4 Å². The van der Waals surface area contributed by atoms with E-state index in [1.165, 1.54) is 0 Å². The number of nitrogens with zero attached hydrogens (tertiary/aromatic N) is 6. The molecule has 0 aliphatic heterocycles. The molecule has 2 aromatic carbocycles. The maximum absolute atomic E-state index is 13.9. The number of halogens is 6. The van der Waals surface area contributed by atoms with Crippen LogP contribution in [-0.4, -0.2) is 12.4 Å². The lowest BCUT2D eigenvalue weighted by atomic mass is 9.72. The Balaban J connectivity index is 2.89. The van der Waals surface area contributed by atoms with Crippen LogP contribution in [-0.2, 0) is 5.41 Å². The average Bonchev–Trinajstić information content (AvgIpc) is 2.55. The van der Waals surface area contributed by atoms with E-state index in [4.69, 9.17) is 11.1 Å². The summed E-state index contributed by atoms with van der Waals surface area (Å²) in [5.74, 6) is 0. The van der Waals surface area contributed by atoms with Crippen molar-refractivity contribution in [3.63, 3.8) is 0 Å². The van der Waals surface area contributed by atoms with Crippen molar-refractivity contribution < 1.29 is 26.3 Å². The topological polar surface area (TPSA) is 97.5 Å². The van der Waals surface area contributed by atoms with Crippen molar-refractivity contribution in [1.29, 1.82) is 0 Å². The van der Waals surface area contributed by atoms with Crippen molar-refractivity contribution in [1.82, 2.24) is 0 Å². The second-order valence-electron chi connectivity index (χ2n) is 5.22. The van der Waals surface area contributed by atoms with Crippen LogP contribution >= 0.6 is 0 Å². The molecule has 0 atom stereocenters. The van der Waals surface area contributed by atoms with E-state index in [0.29, 0.717) is 24.3 Å². The van der Waals surface area contributed by atoms with E-state index >= 15 is 0 Å². The van der Waals surface area contributed by atoms with Crippen molar-refractivity contribution in [2.45, 2.75) is 17.8 Å². The summed E-state index contributed by atoms with van der Waals surface area (Å²) in [5.41, 5.74) is 9.51. The smallest absolute Gasteiger partial charge is 0.169 e. The zero-order valence-corrected chi connectivity index (χ0v) is 13.1. The fourth-order valence-corrected chi connectivity index (χ4v) is 2.66. The van der Waals surface area contributed by atoms with Gasteiger partial charge in [0.1, 0.15) is 0 Å². The molecule has 0 heterocycles. The first-order valence-corrected chi connectivity index (χ1v) is 7.02. The maximum atomic E-state index is 13.9. The van der Waals surface area contributed by atoms with Gasteiger partial charge in [0, 0.05) is 21.2 Å². The molecule has 0 bridgehead atoms. The Morgan fingerprint density at radius 2 is 1.19 bits per heavy atom. The minimum Gasteiger partial charge on any atom is -0.169 e. The van der Waals surface area contributed by atoms with Gasteiger partial charge < -0.3 is 0 Å². The predicted octanol–water partition coefficient (Wildman–Crippen LogP) is 6.98. The summed E-state index contributed by atoms with van der Waals surface area (Å²) < 4.78 is 83.4. The van der Waals surface area contributed by atoms with Gasteiger partial charge in [0.2, 0.25) is 5.41 Å². The molecule has 2 aromatic rings. The Morgan fingerprint density at radius 3 is 1.67 bits per heavy atom. The Kier molecular flexibility index (Phi) is 5.25. The van der Waals surface area contributed by atoms with Crippen molar-refractivity contribution >= 4 is 11.4 Å². The molecular weight excluding hydrogens is 378 g/mol. The lowest BCUT2D eigenvalue weighted by Crippen LogP contribution is -2.54. The molecule has 0 aromatic heterocycles. The third-order valence-electron chi connectivity index (χ3n) is 3.75. The van der Waals surface area contributed by atoms with Crippen LogP contribution in [0.2, 0.25) is 0 Å². The number of hydrogen-bond donors (Lipinski definition) is 0. The second-order valence-corrected chi connectivity index (χ2v) is 5.22. The molecule has 6 nitrogen and oxygen atoms in total. The lowest BCUT2D eigenvalue weighted by Gasteiger charge is -2.38. The van der Waals surface area contributed by atoms with Gasteiger partial charge in [-0.15, -0.1) is 0 Å². The zero-order chi connectivity index (χ0) is 20.3. The Morgan fingerprint density at radius 1 is 0.667 bits per heavy atom. The Bertz CT molecular complexity index is 907. The number of alkyl halides is 6. The zero-order valence-electron chi connectivity index (χ0n) is 13.1. The molecule has 12 heteroatoms. The molecule has 0 spiro atoms. The number of benzene rings is 2. The second kappa shape index (κ2) is 7.10. The fraction of sp³-hybridized carbons (Fsp3) is 0.200. The summed E-state index contributed by atoms with van der Waals surface area (Å²) in [6.45, 7) is 0. The van der Waals surface area contributed by atoms with Crippen molar-refractivity contribution in [3.05, 3.63) is 80.5 Å². The molecule has 0 unspecified atom stereocenters. The fourth-order valence-electron chi connectivity index (χ4n) is 2.66. The molecule has 0 aliphatic carbocycles. The number of rotatable bonds is 4. The first kappa shape index (κ1) is 20.0. The van der Waals surface area contributed by atoms with Crippen LogP contribution in [0.4, 0.5) is 37.7 Å². The predicted molar refractivity (Wildman–Crippen MR) is 83.4 cm³/mol. The third-order valence-corrected chi connectivity index (χ3v) is 3.75. The van der Waals surface area contributed by atoms with E-state index < -0.39 is 34.6 Å². The lowest BCUT2D eigenvalue weighted by molar-refractivity contribution is -0.288. The van der Waals surface area contributed by atoms with Crippen LogP contribution in [0, 0.1) is 0 Å². The Labute approximate surface area is 147 Å². The van der Waals surface area contributed by atoms with E-state index in [9.17, 15) is 26.3 Å². The van der Waals surface area contributed by atoms with Crippen molar-refractivity contribution in [3.8, 4) is 0 Å². The Hall–Kier alpha value is -3.36. The van der Waals surface area contributed by atoms with Gasteiger partial charge in [0.05, 0.1) is 0 Å². The monoisotopic (exact) mass is 386 g/mol. The van der Waals surface area contributed by atoms with Crippen molar-refractivity contribution in [2.75, 3.05) is 0 Å². The minimum atomic E-state index is -5.78. The highest BCUT2D eigenvalue weighted by Gasteiger charge is 2.72. The average molecular weight is 386 g/mol. The summed E-state index contributed by atoms with van der Waals surface area (Å²) in [6, 6.07) is 6.06. The van der Waals surface area contributed by atoms with Crippen LogP contribution in [0.3, 0.4) is 0 Å². The molecule has 140 valence electrons. The van der Waals surface area contributed by atoms with Gasteiger partial charge in [-0.1, -0.05) is 52.7 Å². The first-order valence-electron chi connectivity index (χ1n) is 7.02. The van der Waals surface area contributed by atoms with Crippen LogP contribution in [0.1, 0.15) is 11.1 Å². The van der Waals surface area contributed by atoms with Gasteiger partial charge in [-0.2, -0.15) is 26.3 Å². The van der Waals surface area contributed by atoms with Gasteiger partial charge in [-0.3, -0.25) is 0 Å². The summed E-state index contributed by atoms with van der Waals surface area (Å²) in [4.78, 5) is 4.79. The molecule has 0 saturated carbocycles. The molecule has 0 amide bonds. The summed E-state index contributed by atoms with van der Waals surface area (Å²) in [6.07, 6.45) is -11.6. The van der Waals surface area contributed by atoms with E-state index in [1.807, 2.05) is 0 Å². The van der Waals surface area contributed by atoms with E-state index in [0.717, 1.165) is 24.3 Å². The number of hydrogen-bond acceptors (Lipinski definition) is 2. The number of azide groups is 2. The van der Waals surface area contributed by atoms with E-state index in [2.05, 4.69) is 20.1 Å². The maximum Gasteiger partial charge on any atom is 0.411 e. The van der Waals surface area contributed by atoms with Crippen LogP contribution < -0.4 is 0 Å². The molecule has 2 rings (SSSR count). The van der Waals surface area contributed by atoms with Gasteiger partial charge in [0.25, 0.3) is 0 Å². The van der Waals surface area contributed by atoms with Crippen LogP contribution in [0.5, 0.6) is 0 Å².